The van der Waals surface area contributed by atoms with Crippen LogP contribution in [0.5, 0.6) is 17.2 Å². The second-order valence-corrected chi connectivity index (χ2v) is 3.17. The Bertz CT molecular complexity index is 656. The lowest BCUT2D eigenvalue weighted by Crippen LogP contribution is -1.94. The summed E-state index contributed by atoms with van der Waals surface area (Å²) in [6.45, 7) is 0. The van der Waals surface area contributed by atoms with Gasteiger partial charge in [-0.1, -0.05) is 0 Å². The molecule has 84 valence electrons. The summed E-state index contributed by atoms with van der Waals surface area (Å²) in [4.78, 5) is 0. The van der Waals surface area contributed by atoms with Crippen molar-refractivity contribution in [3.63, 3.8) is 0 Å². The Hall–Kier alpha value is -2.04. The first-order chi connectivity index (χ1) is 8.69. The van der Waals surface area contributed by atoms with E-state index in [1.807, 2.05) is 0 Å². The first-order valence-electron chi connectivity index (χ1n) is 5.72. The molecule has 2 rings (SSSR count). The van der Waals surface area contributed by atoms with E-state index >= 15 is 0 Å². The maximum Gasteiger partial charge on any atom is 0.201 e. The van der Waals surface area contributed by atoms with Gasteiger partial charge in [-0.15, -0.1) is 0 Å². The summed E-state index contributed by atoms with van der Waals surface area (Å²) in [6, 6.07) is 2.63. The molecule has 0 aliphatic heterocycles. The molecule has 0 aliphatic carbocycles. The Morgan fingerprint density at radius 1 is 1.25 bits per heavy atom. The number of fused-ring (bicyclic) bond motifs is 1. The number of phenols is 2. The average Bonchev–Trinajstić information content (AvgIpc) is 2.22. The lowest BCUT2D eigenvalue weighted by atomic mass is 10.1. The highest BCUT2D eigenvalue weighted by Gasteiger charge is 2.17. The van der Waals surface area contributed by atoms with E-state index in [1.165, 1.54) is 0 Å². The van der Waals surface area contributed by atoms with Crippen LogP contribution in [0.1, 0.15) is 4.11 Å². The molecule has 2 aromatic carbocycles. The molecule has 0 aliphatic rings. The van der Waals surface area contributed by atoms with E-state index in [2.05, 4.69) is 4.74 Å². The van der Waals surface area contributed by atoms with Crippen LogP contribution in [0.3, 0.4) is 0 Å². The van der Waals surface area contributed by atoms with Gasteiger partial charge in [0.25, 0.3) is 0 Å². The van der Waals surface area contributed by atoms with Gasteiger partial charge in [0.1, 0.15) is 11.5 Å². The standard InChI is InChI=1S/C11H8F2O3/c1-16-11-9-5(3-7(12)10(11)13)2-6(14)4-8(9)15/h2-4,14-15H,1H3/i1D3. The molecule has 0 aromatic heterocycles. The van der Waals surface area contributed by atoms with Crippen LogP contribution in [-0.2, 0) is 0 Å². The Morgan fingerprint density at radius 3 is 2.69 bits per heavy atom. The predicted molar refractivity (Wildman–Crippen MR) is 53.7 cm³/mol. The van der Waals surface area contributed by atoms with Crippen LogP contribution < -0.4 is 4.74 Å². The quantitative estimate of drug-likeness (QED) is 0.790. The maximum absolute atomic E-state index is 13.6. The van der Waals surface area contributed by atoms with E-state index in [9.17, 15) is 19.0 Å². The van der Waals surface area contributed by atoms with Gasteiger partial charge in [-0.3, -0.25) is 0 Å². The van der Waals surface area contributed by atoms with E-state index in [4.69, 9.17) is 4.11 Å². The highest BCUT2D eigenvalue weighted by atomic mass is 19.2. The monoisotopic (exact) mass is 229 g/mol. The van der Waals surface area contributed by atoms with Crippen molar-refractivity contribution in [3.8, 4) is 17.2 Å². The Balaban J connectivity index is 2.82. The third-order valence-electron chi connectivity index (χ3n) is 2.15. The molecule has 0 spiro atoms. The molecule has 2 aromatic rings. The fourth-order valence-electron chi connectivity index (χ4n) is 1.51. The van der Waals surface area contributed by atoms with Crippen molar-refractivity contribution in [2.75, 3.05) is 7.04 Å². The van der Waals surface area contributed by atoms with Crippen molar-refractivity contribution in [2.24, 2.45) is 0 Å². The van der Waals surface area contributed by atoms with E-state index in [1.54, 1.807) is 0 Å². The number of hydrogen-bond donors (Lipinski definition) is 2. The van der Waals surface area contributed by atoms with Crippen LogP contribution in [0.2, 0.25) is 0 Å². The lowest BCUT2D eigenvalue weighted by molar-refractivity contribution is 0.375. The van der Waals surface area contributed by atoms with E-state index in [-0.39, 0.29) is 16.5 Å². The van der Waals surface area contributed by atoms with Gasteiger partial charge in [0.05, 0.1) is 16.5 Å². The van der Waals surface area contributed by atoms with Gasteiger partial charge in [0.2, 0.25) is 5.82 Å². The summed E-state index contributed by atoms with van der Waals surface area (Å²) in [5.74, 6) is -4.79. The summed E-state index contributed by atoms with van der Waals surface area (Å²) in [6.07, 6.45) is 0. The molecule has 2 N–H and O–H groups in total. The van der Waals surface area contributed by atoms with Crippen LogP contribution >= 0.6 is 0 Å². The molecule has 0 unspecified atom stereocenters. The number of methoxy groups -OCH3 is 1. The number of ether oxygens (including phenoxy) is 1. The molecule has 16 heavy (non-hydrogen) atoms. The molecular weight excluding hydrogens is 218 g/mol. The van der Waals surface area contributed by atoms with Crippen LogP contribution in [0.4, 0.5) is 8.78 Å². The van der Waals surface area contributed by atoms with Crippen LogP contribution in [0.15, 0.2) is 18.2 Å². The summed E-state index contributed by atoms with van der Waals surface area (Å²) >= 11 is 0. The number of hydrogen-bond acceptors (Lipinski definition) is 3. The lowest BCUT2D eigenvalue weighted by Gasteiger charge is -2.09. The van der Waals surface area contributed by atoms with Gasteiger partial charge < -0.3 is 14.9 Å². The third-order valence-corrected chi connectivity index (χ3v) is 2.15. The Morgan fingerprint density at radius 2 is 2.00 bits per heavy atom. The number of halogens is 2. The molecule has 5 heteroatoms. The van der Waals surface area contributed by atoms with Gasteiger partial charge in [0, 0.05) is 6.07 Å². The zero-order valence-electron chi connectivity index (χ0n) is 10.8. The second-order valence-electron chi connectivity index (χ2n) is 3.17. The van der Waals surface area contributed by atoms with Gasteiger partial charge in [-0.2, -0.15) is 4.39 Å². The summed E-state index contributed by atoms with van der Waals surface area (Å²) in [5, 5.41) is 18.5. The zero-order valence-corrected chi connectivity index (χ0v) is 7.79. The molecule has 0 bridgehead atoms. The smallest absolute Gasteiger partial charge is 0.201 e. The van der Waals surface area contributed by atoms with Crippen molar-refractivity contribution < 1.29 is 27.8 Å². The second kappa shape index (κ2) is 3.52. The molecule has 0 radical (unpaired) electrons. The first-order valence-corrected chi connectivity index (χ1v) is 4.22. The fraction of sp³-hybridized carbons (Fsp3) is 0.0909. The summed E-state index contributed by atoms with van der Waals surface area (Å²) in [7, 11) is -3.01. The van der Waals surface area contributed by atoms with Gasteiger partial charge in [0.15, 0.2) is 11.6 Å². The summed E-state index contributed by atoms with van der Waals surface area (Å²) in [5.41, 5.74) is 0. The molecular formula is C11H8F2O3. The highest BCUT2D eigenvalue weighted by molar-refractivity contribution is 5.94. The van der Waals surface area contributed by atoms with Crippen LogP contribution in [0.25, 0.3) is 10.8 Å². The van der Waals surface area contributed by atoms with E-state index in [0.717, 1.165) is 18.2 Å². The van der Waals surface area contributed by atoms with Crippen LogP contribution in [-0.4, -0.2) is 17.3 Å². The zero-order chi connectivity index (χ0) is 14.4. The summed E-state index contributed by atoms with van der Waals surface area (Å²) < 4.78 is 52.1. The predicted octanol–water partition coefficient (Wildman–Crippen LogP) is 2.54. The number of benzene rings is 2. The third kappa shape index (κ3) is 1.41. The normalized spacial score (nSPS) is 14.2. The van der Waals surface area contributed by atoms with Crippen molar-refractivity contribution in [2.45, 2.75) is 0 Å². The van der Waals surface area contributed by atoms with Crippen molar-refractivity contribution in [1.82, 2.24) is 0 Å². The van der Waals surface area contributed by atoms with Crippen molar-refractivity contribution in [3.05, 3.63) is 29.8 Å². The minimum absolute atomic E-state index is 0.0874. The van der Waals surface area contributed by atoms with Crippen molar-refractivity contribution in [1.29, 1.82) is 0 Å². The molecule has 0 amide bonds. The average molecular weight is 229 g/mol. The van der Waals surface area contributed by atoms with E-state index < -0.39 is 30.2 Å². The van der Waals surface area contributed by atoms with Crippen molar-refractivity contribution >= 4 is 10.8 Å². The molecule has 3 nitrogen and oxygen atoms in total. The molecule has 0 heterocycles. The number of phenolic OH excluding ortho intramolecular Hbond substituents is 2. The molecule has 0 atom stereocenters. The van der Waals surface area contributed by atoms with Gasteiger partial charge in [-0.05, 0) is 17.5 Å². The topological polar surface area (TPSA) is 49.7 Å². The van der Waals surface area contributed by atoms with E-state index in [0.29, 0.717) is 0 Å². The Kier molecular flexibility index (Phi) is 1.60. The number of rotatable bonds is 1. The Labute approximate surface area is 93.7 Å². The fourth-order valence-corrected chi connectivity index (χ4v) is 1.51. The van der Waals surface area contributed by atoms with Crippen LogP contribution in [0, 0.1) is 11.6 Å². The SMILES string of the molecule is [2H]C([2H])([2H])Oc1c(F)c(F)cc2cc(O)cc(O)c12. The van der Waals surface area contributed by atoms with Gasteiger partial charge in [-0.25, -0.2) is 4.39 Å². The minimum atomic E-state index is -3.01. The molecule has 0 saturated carbocycles. The largest absolute Gasteiger partial charge is 0.508 e. The number of aromatic hydroxyl groups is 2. The maximum atomic E-state index is 13.6. The first kappa shape index (κ1) is 7.27. The molecule has 0 saturated heterocycles. The van der Waals surface area contributed by atoms with Gasteiger partial charge >= 0.3 is 0 Å². The molecule has 0 fully saturated rings. The highest BCUT2D eigenvalue weighted by Crippen LogP contribution is 2.38. The minimum Gasteiger partial charge on any atom is -0.508 e.